The molecule has 2 N–H and O–H groups in total. The highest BCUT2D eigenvalue weighted by Gasteiger charge is 2.15. The quantitative estimate of drug-likeness (QED) is 0.826. The second-order valence-electron chi connectivity index (χ2n) is 4.28. The normalized spacial score (nSPS) is 10.1. The molecule has 0 atom stereocenters. The van der Waals surface area contributed by atoms with Gasteiger partial charge in [-0.15, -0.1) is 0 Å². The Morgan fingerprint density at radius 1 is 1.36 bits per heavy atom. The molecule has 1 aromatic heterocycles. The Labute approximate surface area is 125 Å². The van der Waals surface area contributed by atoms with Gasteiger partial charge < -0.3 is 15.2 Å². The number of benzene rings is 1. The summed E-state index contributed by atoms with van der Waals surface area (Å²) in [6, 6.07) is 5.12. The van der Waals surface area contributed by atoms with Gasteiger partial charge in [-0.2, -0.15) is 0 Å². The smallest absolute Gasteiger partial charge is 0.339 e. The fraction of sp³-hybridized carbons (Fsp3) is 0.133. The second kappa shape index (κ2) is 6.66. The number of nitrogens with one attached hydrogen (secondary N) is 1. The Bertz CT molecular complexity index is 718. The van der Waals surface area contributed by atoms with Crippen LogP contribution in [0.3, 0.4) is 0 Å². The number of hydrogen-bond acceptors (Lipinski definition) is 5. The number of hydrogen-bond donors (Lipinski definition) is 2. The summed E-state index contributed by atoms with van der Waals surface area (Å²) in [6.07, 6.45) is 2.66. The predicted molar refractivity (Wildman–Crippen MR) is 76.8 cm³/mol. The minimum absolute atomic E-state index is 0.181. The lowest BCUT2D eigenvalue weighted by atomic mass is 10.1. The van der Waals surface area contributed by atoms with Crippen molar-refractivity contribution in [3.63, 3.8) is 0 Å². The summed E-state index contributed by atoms with van der Waals surface area (Å²) in [5.41, 5.74) is 0.0394. The summed E-state index contributed by atoms with van der Waals surface area (Å²) in [5, 5.41) is 11.7. The molecular formula is C15H13FN2O4. The molecule has 0 saturated carbocycles. The van der Waals surface area contributed by atoms with Gasteiger partial charge in [0.15, 0.2) is 0 Å². The molecule has 2 aromatic rings. The van der Waals surface area contributed by atoms with E-state index in [1.807, 2.05) is 0 Å². The number of ether oxygens (including phenoxy) is 1. The molecule has 1 heterocycles. The van der Waals surface area contributed by atoms with Gasteiger partial charge in [-0.3, -0.25) is 4.98 Å². The van der Waals surface area contributed by atoms with Crippen molar-refractivity contribution in [3.05, 3.63) is 53.6 Å². The fourth-order valence-corrected chi connectivity index (χ4v) is 1.81. The summed E-state index contributed by atoms with van der Waals surface area (Å²) < 4.78 is 18.7. The van der Waals surface area contributed by atoms with E-state index in [2.05, 4.69) is 10.3 Å². The van der Waals surface area contributed by atoms with Crippen LogP contribution in [0.2, 0.25) is 0 Å². The van der Waals surface area contributed by atoms with E-state index in [0.29, 0.717) is 0 Å². The third kappa shape index (κ3) is 3.38. The summed E-state index contributed by atoms with van der Waals surface area (Å²) in [4.78, 5) is 26.6. The highest BCUT2D eigenvalue weighted by atomic mass is 19.1. The number of aromatic carboxylic acids is 1. The molecule has 6 nitrogen and oxygen atoms in total. The van der Waals surface area contributed by atoms with E-state index in [-0.39, 0.29) is 29.1 Å². The predicted octanol–water partition coefficient (Wildman–Crippen LogP) is 2.84. The maximum absolute atomic E-state index is 13.8. The standard InChI is InChI=1S/C15H13FN2O4/c1-2-22-15(21)9-6-10(8-17-7-9)18-13-11(14(19)20)4-3-5-12(13)16/h3-8,18H,2H2,1H3,(H,19,20). The Balaban J connectivity index is 2.34. The van der Waals surface area contributed by atoms with E-state index in [1.54, 1.807) is 6.92 Å². The number of pyridine rings is 1. The number of carbonyl (C=O) groups excluding carboxylic acids is 1. The lowest BCUT2D eigenvalue weighted by molar-refractivity contribution is 0.0525. The summed E-state index contributed by atoms with van der Waals surface area (Å²) in [7, 11) is 0. The molecule has 0 amide bonds. The highest BCUT2D eigenvalue weighted by molar-refractivity contribution is 5.95. The number of carboxylic acids is 1. The highest BCUT2D eigenvalue weighted by Crippen LogP contribution is 2.24. The van der Waals surface area contributed by atoms with Gasteiger partial charge in [0.1, 0.15) is 5.82 Å². The second-order valence-corrected chi connectivity index (χ2v) is 4.28. The zero-order valence-corrected chi connectivity index (χ0v) is 11.7. The van der Waals surface area contributed by atoms with E-state index in [1.165, 1.54) is 30.6 Å². The first-order valence-electron chi connectivity index (χ1n) is 6.44. The van der Waals surface area contributed by atoms with Crippen LogP contribution in [-0.2, 0) is 4.74 Å². The first kappa shape index (κ1) is 15.4. The lowest BCUT2D eigenvalue weighted by Gasteiger charge is -2.11. The van der Waals surface area contributed by atoms with Gasteiger partial charge in [0, 0.05) is 6.20 Å². The number of halogens is 1. The van der Waals surface area contributed by atoms with Crippen molar-refractivity contribution < 1.29 is 23.8 Å². The molecular weight excluding hydrogens is 291 g/mol. The number of para-hydroxylation sites is 1. The monoisotopic (exact) mass is 304 g/mol. The van der Waals surface area contributed by atoms with Crippen molar-refractivity contribution in [1.29, 1.82) is 0 Å². The van der Waals surface area contributed by atoms with Gasteiger partial charge >= 0.3 is 11.9 Å². The van der Waals surface area contributed by atoms with E-state index in [0.717, 1.165) is 6.07 Å². The number of carboxylic acid groups (broad SMARTS) is 1. The van der Waals surface area contributed by atoms with Crippen molar-refractivity contribution >= 4 is 23.3 Å². The molecule has 1 aromatic carbocycles. The molecule has 0 unspecified atom stereocenters. The Hall–Kier alpha value is -2.96. The van der Waals surface area contributed by atoms with Crippen LogP contribution in [0.25, 0.3) is 0 Å². The van der Waals surface area contributed by atoms with Crippen molar-refractivity contribution in [2.24, 2.45) is 0 Å². The van der Waals surface area contributed by atoms with E-state index >= 15 is 0 Å². The molecule has 7 heteroatoms. The maximum Gasteiger partial charge on any atom is 0.339 e. The topological polar surface area (TPSA) is 88.5 Å². The minimum atomic E-state index is -1.27. The number of esters is 1. The van der Waals surface area contributed by atoms with Crippen molar-refractivity contribution in [3.8, 4) is 0 Å². The van der Waals surface area contributed by atoms with Crippen molar-refractivity contribution in [2.45, 2.75) is 6.92 Å². The van der Waals surface area contributed by atoms with Crippen LogP contribution in [0.1, 0.15) is 27.6 Å². The third-order valence-electron chi connectivity index (χ3n) is 2.76. The third-order valence-corrected chi connectivity index (χ3v) is 2.76. The molecule has 0 fully saturated rings. The number of carbonyl (C=O) groups is 2. The lowest BCUT2D eigenvalue weighted by Crippen LogP contribution is -2.07. The van der Waals surface area contributed by atoms with E-state index in [4.69, 9.17) is 9.84 Å². The van der Waals surface area contributed by atoms with Gasteiger partial charge in [-0.1, -0.05) is 6.07 Å². The van der Waals surface area contributed by atoms with Gasteiger partial charge in [-0.05, 0) is 25.1 Å². The molecule has 0 spiro atoms. The van der Waals surface area contributed by atoms with Crippen LogP contribution in [-0.4, -0.2) is 28.6 Å². The Morgan fingerprint density at radius 3 is 2.82 bits per heavy atom. The Kier molecular flexibility index (Phi) is 4.67. The van der Waals surface area contributed by atoms with Gasteiger partial charge in [0.25, 0.3) is 0 Å². The van der Waals surface area contributed by atoms with E-state index < -0.39 is 17.8 Å². The summed E-state index contributed by atoms with van der Waals surface area (Å²) in [6.45, 7) is 1.89. The van der Waals surface area contributed by atoms with Gasteiger partial charge in [0.05, 0.1) is 35.3 Å². The van der Waals surface area contributed by atoms with Crippen LogP contribution in [0.4, 0.5) is 15.8 Å². The van der Waals surface area contributed by atoms with Gasteiger partial charge in [0.2, 0.25) is 0 Å². The average Bonchev–Trinajstić information content (AvgIpc) is 2.49. The molecule has 0 aliphatic rings. The van der Waals surface area contributed by atoms with Crippen LogP contribution < -0.4 is 5.32 Å². The molecule has 2 rings (SSSR count). The summed E-state index contributed by atoms with van der Waals surface area (Å²) >= 11 is 0. The van der Waals surface area contributed by atoms with Crippen molar-refractivity contribution in [1.82, 2.24) is 4.98 Å². The molecule has 22 heavy (non-hydrogen) atoms. The maximum atomic E-state index is 13.8. The first-order valence-corrected chi connectivity index (χ1v) is 6.44. The van der Waals surface area contributed by atoms with Crippen LogP contribution in [0.5, 0.6) is 0 Å². The number of nitrogens with zero attached hydrogens (tertiary/aromatic N) is 1. The Morgan fingerprint density at radius 2 is 2.14 bits per heavy atom. The first-order chi connectivity index (χ1) is 10.5. The number of rotatable bonds is 5. The zero-order valence-electron chi connectivity index (χ0n) is 11.7. The minimum Gasteiger partial charge on any atom is -0.478 e. The molecule has 0 saturated heterocycles. The molecule has 0 radical (unpaired) electrons. The largest absolute Gasteiger partial charge is 0.478 e. The van der Waals surface area contributed by atoms with Crippen LogP contribution in [0, 0.1) is 5.82 Å². The zero-order chi connectivity index (χ0) is 16.1. The number of anilines is 2. The molecule has 0 aliphatic heterocycles. The van der Waals surface area contributed by atoms with Crippen LogP contribution in [0.15, 0.2) is 36.7 Å². The van der Waals surface area contributed by atoms with Crippen molar-refractivity contribution in [2.75, 3.05) is 11.9 Å². The number of aromatic nitrogens is 1. The molecule has 0 aliphatic carbocycles. The SMILES string of the molecule is CCOC(=O)c1cncc(Nc2c(F)cccc2C(=O)O)c1. The summed E-state index contributed by atoms with van der Waals surface area (Å²) in [5.74, 6) is -2.55. The van der Waals surface area contributed by atoms with E-state index in [9.17, 15) is 14.0 Å². The fourth-order valence-electron chi connectivity index (χ4n) is 1.81. The van der Waals surface area contributed by atoms with Gasteiger partial charge in [-0.25, -0.2) is 14.0 Å². The molecule has 114 valence electrons. The molecule has 0 bridgehead atoms. The van der Waals surface area contributed by atoms with Crippen LogP contribution >= 0.6 is 0 Å². The average molecular weight is 304 g/mol.